The van der Waals surface area contributed by atoms with Crippen LogP contribution in [0, 0.1) is 0 Å². The van der Waals surface area contributed by atoms with E-state index >= 15 is 0 Å². The highest BCUT2D eigenvalue weighted by molar-refractivity contribution is 5.99. The quantitative estimate of drug-likeness (QED) is 0.575. The third-order valence-electron chi connectivity index (χ3n) is 2.29. The number of anilines is 2. The number of rotatable bonds is 4. The van der Waals surface area contributed by atoms with Gasteiger partial charge in [-0.1, -0.05) is 6.07 Å². The first kappa shape index (κ1) is 12.3. The molecule has 0 bridgehead atoms. The van der Waals surface area contributed by atoms with Crippen LogP contribution in [0.4, 0.5) is 11.4 Å². The molecule has 0 fully saturated rings. The second-order valence-electron chi connectivity index (χ2n) is 3.38. The van der Waals surface area contributed by atoms with E-state index in [1.165, 1.54) is 7.11 Å². The van der Waals surface area contributed by atoms with Crippen molar-refractivity contribution in [3.63, 3.8) is 0 Å². The number of likely N-dealkylation sites (N-methyl/N-ethyl adjacent to an activating group) is 1. The van der Waals surface area contributed by atoms with Gasteiger partial charge in [-0.3, -0.25) is 0 Å². The van der Waals surface area contributed by atoms with Crippen LogP contribution in [0.25, 0.3) is 0 Å². The molecule has 1 aromatic rings. The normalized spacial score (nSPS) is 9.94. The molecule has 0 atom stereocenters. The Bertz CT molecular complexity index is 379. The molecule has 0 aliphatic carbocycles. The Balaban J connectivity index is 3.17. The Labute approximate surface area is 94.4 Å². The largest absolute Gasteiger partial charge is 0.465 e. The monoisotopic (exact) mass is 224 g/mol. The van der Waals surface area contributed by atoms with E-state index in [1.807, 2.05) is 0 Å². The average Bonchev–Trinajstić information content (AvgIpc) is 2.27. The topological polar surface area (TPSA) is 75.8 Å². The molecule has 5 heteroatoms. The minimum Gasteiger partial charge on any atom is -0.465 e. The number of para-hydroxylation sites is 1. The molecule has 0 saturated carbocycles. The summed E-state index contributed by atoms with van der Waals surface area (Å²) in [6.07, 6.45) is 0. The van der Waals surface area contributed by atoms with Crippen molar-refractivity contribution in [1.82, 2.24) is 0 Å². The van der Waals surface area contributed by atoms with Gasteiger partial charge in [-0.05, 0) is 12.1 Å². The zero-order chi connectivity index (χ0) is 12.1. The number of hydrogen-bond donors (Lipinski definition) is 2. The van der Waals surface area contributed by atoms with Crippen LogP contribution < -0.4 is 10.6 Å². The SMILES string of the molecule is COC(=O)c1cccc(N)c1N(C)CCO. The van der Waals surface area contributed by atoms with E-state index in [4.69, 9.17) is 10.8 Å². The van der Waals surface area contributed by atoms with Crippen molar-refractivity contribution < 1.29 is 14.6 Å². The van der Waals surface area contributed by atoms with Gasteiger partial charge in [-0.15, -0.1) is 0 Å². The molecule has 88 valence electrons. The molecule has 0 saturated heterocycles. The first-order chi connectivity index (χ1) is 7.61. The lowest BCUT2D eigenvalue weighted by molar-refractivity contribution is 0.0601. The molecule has 0 unspecified atom stereocenters. The number of carbonyl (C=O) groups excluding carboxylic acids is 1. The second-order valence-corrected chi connectivity index (χ2v) is 3.38. The van der Waals surface area contributed by atoms with Crippen LogP contribution in [0.2, 0.25) is 0 Å². The zero-order valence-corrected chi connectivity index (χ0v) is 9.43. The predicted molar refractivity (Wildman–Crippen MR) is 62.5 cm³/mol. The van der Waals surface area contributed by atoms with Crippen molar-refractivity contribution in [3.05, 3.63) is 23.8 Å². The van der Waals surface area contributed by atoms with Gasteiger partial charge in [0.1, 0.15) is 0 Å². The van der Waals surface area contributed by atoms with Gasteiger partial charge in [0.2, 0.25) is 0 Å². The maximum atomic E-state index is 11.5. The van der Waals surface area contributed by atoms with Crippen molar-refractivity contribution >= 4 is 17.3 Å². The highest BCUT2D eigenvalue weighted by atomic mass is 16.5. The van der Waals surface area contributed by atoms with Crippen molar-refractivity contribution in [2.75, 3.05) is 37.9 Å². The molecule has 0 aliphatic heterocycles. The second kappa shape index (κ2) is 5.37. The Morgan fingerprint density at radius 2 is 2.25 bits per heavy atom. The molecule has 0 amide bonds. The van der Waals surface area contributed by atoms with E-state index in [0.717, 1.165) is 0 Å². The number of benzene rings is 1. The number of nitrogen functional groups attached to an aromatic ring is 1. The van der Waals surface area contributed by atoms with Gasteiger partial charge in [0, 0.05) is 13.6 Å². The lowest BCUT2D eigenvalue weighted by Gasteiger charge is -2.22. The molecule has 1 rings (SSSR count). The summed E-state index contributed by atoms with van der Waals surface area (Å²) in [5.74, 6) is -0.438. The van der Waals surface area contributed by atoms with Crippen LogP contribution in [0.15, 0.2) is 18.2 Å². The molecule has 0 spiro atoms. The molecule has 0 radical (unpaired) electrons. The lowest BCUT2D eigenvalue weighted by Crippen LogP contribution is -2.24. The van der Waals surface area contributed by atoms with Crippen LogP contribution in [0.5, 0.6) is 0 Å². The summed E-state index contributed by atoms with van der Waals surface area (Å²) in [6.45, 7) is 0.393. The van der Waals surface area contributed by atoms with E-state index in [-0.39, 0.29) is 6.61 Å². The Morgan fingerprint density at radius 1 is 1.56 bits per heavy atom. The van der Waals surface area contributed by atoms with E-state index < -0.39 is 5.97 Å². The van der Waals surface area contributed by atoms with Gasteiger partial charge in [-0.25, -0.2) is 4.79 Å². The highest BCUT2D eigenvalue weighted by Crippen LogP contribution is 2.27. The van der Waals surface area contributed by atoms with Crippen molar-refractivity contribution in [2.24, 2.45) is 0 Å². The van der Waals surface area contributed by atoms with Crippen LogP contribution in [-0.4, -0.2) is 38.4 Å². The van der Waals surface area contributed by atoms with E-state index in [9.17, 15) is 4.79 Å². The van der Waals surface area contributed by atoms with Crippen LogP contribution in [0.1, 0.15) is 10.4 Å². The van der Waals surface area contributed by atoms with E-state index in [2.05, 4.69) is 4.74 Å². The van der Waals surface area contributed by atoms with Gasteiger partial charge in [0.05, 0.1) is 30.7 Å². The summed E-state index contributed by atoms with van der Waals surface area (Å²) in [5.41, 5.74) is 7.29. The number of aliphatic hydroxyl groups excluding tert-OH is 1. The standard InChI is InChI=1S/C11H16N2O3/c1-13(6-7-14)10-8(11(15)16-2)4-3-5-9(10)12/h3-5,14H,6-7,12H2,1-2H3. The molecular weight excluding hydrogens is 208 g/mol. The number of carbonyl (C=O) groups is 1. The summed E-state index contributed by atoms with van der Waals surface area (Å²) in [4.78, 5) is 13.3. The predicted octanol–water partition coefficient (Wildman–Crippen LogP) is 0.484. The minimum absolute atomic E-state index is 0.00849. The van der Waals surface area contributed by atoms with Gasteiger partial charge in [0.25, 0.3) is 0 Å². The fraction of sp³-hybridized carbons (Fsp3) is 0.364. The van der Waals surface area contributed by atoms with Crippen LogP contribution in [0.3, 0.4) is 0 Å². The zero-order valence-electron chi connectivity index (χ0n) is 9.43. The third kappa shape index (κ3) is 2.43. The van der Waals surface area contributed by atoms with E-state index in [0.29, 0.717) is 23.5 Å². The van der Waals surface area contributed by atoms with Gasteiger partial charge in [-0.2, -0.15) is 0 Å². The van der Waals surface area contributed by atoms with Crippen molar-refractivity contribution in [2.45, 2.75) is 0 Å². The maximum absolute atomic E-state index is 11.5. The smallest absolute Gasteiger partial charge is 0.340 e. The number of hydrogen-bond acceptors (Lipinski definition) is 5. The molecular formula is C11H16N2O3. The summed E-state index contributed by atoms with van der Waals surface area (Å²) in [7, 11) is 3.08. The first-order valence-corrected chi connectivity index (χ1v) is 4.90. The Morgan fingerprint density at radius 3 is 2.81 bits per heavy atom. The van der Waals surface area contributed by atoms with Crippen LogP contribution >= 0.6 is 0 Å². The maximum Gasteiger partial charge on any atom is 0.340 e. The van der Waals surface area contributed by atoms with Gasteiger partial charge >= 0.3 is 5.97 Å². The van der Waals surface area contributed by atoms with Crippen LogP contribution in [-0.2, 0) is 4.74 Å². The number of ether oxygens (including phenoxy) is 1. The molecule has 3 N–H and O–H groups in total. The molecule has 1 aromatic carbocycles. The molecule has 0 heterocycles. The Kier molecular flexibility index (Phi) is 4.13. The number of methoxy groups -OCH3 is 1. The van der Waals surface area contributed by atoms with E-state index in [1.54, 1.807) is 30.1 Å². The summed E-state index contributed by atoms with van der Waals surface area (Å²) < 4.78 is 4.68. The number of nitrogens with zero attached hydrogens (tertiary/aromatic N) is 1. The minimum atomic E-state index is -0.438. The number of nitrogens with two attached hydrogens (primary N) is 1. The third-order valence-corrected chi connectivity index (χ3v) is 2.29. The average molecular weight is 224 g/mol. The van der Waals surface area contributed by atoms with Crippen molar-refractivity contribution in [1.29, 1.82) is 0 Å². The highest BCUT2D eigenvalue weighted by Gasteiger charge is 2.16. The van der Waals surface area contributed by atoms with Crippen molar-refractivity contribution in [3.8, 4) is 0 Å². The Hall–Kier alpha value is -1.75. The summed E-state index contributed by atoms with van der Waals surface area (Å²) >= 11 is 0. The molecule has 0 aliphatic rings. The molecule has 0 aromatic heterocycles. The number of esters is 1. The summed E-state index contributed by atoms with van der Waals surface area (Å²) in [6, 6.07) is 5.04. The fourth-order valence-electron chi connectivity index (χ4n) is 1.52. The fourth-order valence-corrected chi connectivity index (χ4v) is 1.52. The number of aliphatic hydroxyl groups is 1. The van der Waals surface area contributed by atoms with Gasteiger partial charge < -0.3 is 20.5 Å². The first-order valence-electron chi connectivity index (χ1n) is 4.90. The lowest BCUT2D eigenvalue weighted by atomic mass is 10.1. The van der Waals surface area contributed by atoms with Gasteiger partial charge in [0.15, 0.2) is 0 Å². The summed E-state index contributed by atoms with van der Waals surface area (Å²) in [5, 5.41) is 8.88. The molecule has 16 heavy (non-hydrogen) atoms. The molecule has 5 nitrogen and oxygen atoms in total.